The van der Waals surface area contributed by atoms with E-state index in [-0.39, 0.29) is 17.9 Å². The molecule has 3 rings (SSSR count). The largest absolute Gasteiger partial charge is 0.355 e. The van der Waals surface area contributed by atoms with Crippen LogP contribution in [0.15, 0.2) is 36.5 Å². The van der Waals surface area contributed by atoms with E-state index in [0.717, 1.165) is 29.3 Å². The summed E-state index contributed by atoms with van der Waals surface area (Å²) in [6.07, 6.45) is 4.27. The number of rotatable bonds is 6. The van der Waals surface area contributed by atoms with E-state index in [4.69, 9.17) is 0 Å². The smallest absolute Gasteiger partial charge is 0.221 e. The molecular formula is C20H26N4O2. The highest BCUT2D eigenvalue weighted by atomic mass is 16.2. The van der Waals surface area contributed by atoms with E-state index in [0.29, 0.717) is 25.6 Å². The van der Waals surface area contributed by atoms with Crippen LogP contribution in [0.5, 0.6) is 0 Å². The maximum atomic E-state index is 12.3. The monoisotopic (exact) mass is 354 g/mol. The van der Waals surface area contributed by atoms with Gasteiger partial charge in [0.1, 0.15) is 0 Å². The number of aromatic nitrogens is 1. The van der Waals surface area contributed by atoms with Gasteiger partial charge < -0.3 is 10.6 Å². The Morgan fingerprint density at radius 1 is 1.19 bits per heavy atom. The molecule has 6 nitrogen and oxygen atoms in total. The van der Waals surface area contributed by atoms with Gasteiger partial charge in [0.15, 0.2) is 0 Å². The lowest BCUT2D eigenvalue weighted by molar-refractivity contribution is -0.122. The first-order valence-corrected chi connectivity index (χ1v) is 9.09. The van der Waals surface area contributed by atoms with Gasteiger partial charge in [-0.15, -0.1) is 0 Å². The zero-order chi connectivity index (χ0) is 18.5. The summed E-state index contributed by atoms with van der Waals surface area (Å²) in [5.41, 5.74) is 1.96. The van der Waals surface area contributed by atoms with Crippen LogP contribution in [-0.2, 0) is 16.1 Å². The van der Waals surface area contributed by atoms with Crippen LogP contribution in [0.2, 0.25) is 0 Å². The van der Waals surface area contributed by atoms with Crippen molar-refractivity contribution in [2.24, 2.45) is 0 Å². The lowest BCUT2D eigenvalue weighted by atomic mass is 10.1. The lowest BCUT2D eigenvalue weighted by Gasteiger charge is -2.25. The van der Waals surface area contributed by atoms with Gasteiger partial charge in [0.2, 0.25) is 11.8 Å². The van der Waals surface area contributed by atoms with Crippen molar-refractivity contribution in [3.8, 4) is 0 Å². The summed E-state index contributed by atoms with van der Waals surface area (Å²) in [4.78, 5) is 30.0. The number of fused-ring (bicyclic) bond motifs is 1. The molecule has 2 aromatic rings. The van der Waals surface area contributed by atoms with Crippen molar-refractivity contribution in [3.63, 3.8) is 0 Å². The molecule has 2 atom stereocenters. The van der Waals surface area contributed by atoms with Crippen molar-refractivity contribution in [2.75, 3.05) is 13.6 Å². The number of hydrogen-bond acceptors (Lipinski definition) is 4. The molecule has 1 fully saturated rings. The standard InChI is InChI=1S/C20H26N4O2/c1-14(25)21-13-18-8-7-17(24(18)2)10-20(26)23-12-15-9-16-5-3-4-6-19(16)22-11-15/h3-6,9,11,17-18H,7-8,10,12-13H2,1-2H3,(H,21,25)(H,23,26)/t17-,18+/m0/s1. The second-order valence-corrected chi connectivity index (χ2v) is 7.00. The molecule has 0 spiro atoms. The number of likely N-dealkylation sites (tertiary alicyclic amines) is 1. The third-order valence-corrected chi connectivity index (χ3v) is 5.13. The Hall–Kier alpha value is -2.47. The third kappa shape index (κ3) is 4.58. The first-order valence-electron chi connectivity index (χ1n) is 9.09. The van der Waals surface area contributed by atoms with Crippen LogP contribution >= 0.6 is 0 Å². The van der Waals surface area contributed by atoms with Crippen LogP contribution in [0.25, 0.3) is 10.9 Å². The molecule has 1 aliphatic rings. The molecule has 0 bridgehead atoms. The van der Waals surface area contributed by atoms with Gasteiger partial charge in [-0.3, -0.25) is 19.5 Å². The summed E-state index contributed by atoms with van der Waals surface area (Å²) in [6.45, 7) is 2.66. The number of amides is 2. The van der Waals surface area contributed by atoms with Crippen molar-refractivity contribution < 1.29 is 9.59 Å². The van der Waals surface area contributed by atoms with Crippen LogP contribution < -0.4 is 10.6 Å². The number of likely N-dealkylation sites (N-methyl/N-ethyl adjacent to an activating group) is 1. The summed E-state index contributed by atoms with van der Waals surface area (Å²) in [6, 6.07) is 10.5. The molecule has 1 aromatic heterocycles. The van der Waals surface area contributed by atoms with Crippen LogP contribution in [0, 0.1) is 0 Å². The highest BCUT2D eigenvalue weighted by Gasteiger charge is 2.31. The third-order valence-electron chi connectivity index (χ3n) is 5.13. The summed E-state index contributed by atoms with van der Waals surface area (Å²) in [5, 5.41) is 6.94. The number of para-hydroxylation sites is 1. The second kappa shape index (κ2) is 8.27. The fraction of sp³-hybridized carbons (Fsp3) is 0.450. The van der Waals surface area contributed by atoms with Gasteiger partial charge in [0, 0.05) is 50.1 Å². The van der Waals surface area contributed by atoms with Gasteiger partial charge in [-0.1, -0.05) is 18.2 Å². The van der Waals surface area contributed by atoms with Crippen molar-refractivity contribution in [1.82, 2.24) is 20.5 Å². The summed E-state index contributed by atoms with van der Waals surface area (Å²) in [5.74, 6) is 0.0405. The molecule has 1 saturated heterocycles. The Morgan fingerprint density at radius 3 is 2.77 bits per heavy atom. The molecule has 1 aromatic carbocycles. The Bertz CT molecular complexity index is 792. The quantitative estimate of drug-likeness (QED) is 0.830. The molecule has 138 valence electrons. The molecule has 0 unspecified atom stereocenters. The number of nitrogens with zero attached hydrogens (tertiary/aromatic N) is 2. The fourth-order valence-electron chi connectivity index (χ4n) is 3.54. The van der Waals surface area contributed by atoms with E-state index in [1.807, 2.05) is 37.5 Å². The molecule has 2 heterocycles. The van der Waals surface area contributed by atoms with E-state index in [9.17, 15) is 9.59 Å². The van der Waals surface area contributed by atoms with E-state index >= 15 is 0 Å². The number of pyridine rings is 1. The molecule has 26 heavy (non-hydrogen) atoms. The minimum Gasteiger partial charge on any atom is -0.355 e. The molecule has 2 amide bonds. The highest BCUT2D eigenvalue weighted by molar-refractivity contribution is 5.79. The number of benzene rings is 1. The van der Waals surface area contributed by atoms with Gasteiger partial charge >= 0.3 is 0 Å². The predicted octanol–water partition coefficient (Wildman–Crippen LogP) is 1.84. The minimum atomic E-state index is -0.0106. The fourth-order valence-corrected chi connectivity index (χ4v) is 3.54. The molecule has 1 aliphatic heterocycles. The van der Waals surface area contributed by atoms with Crippen molar-refractivity contribution in [3.05, 3.63) is 42.1 Å². The number of hydrogen-bond donors (Lipinski definition) is 2. The first kappa shape index (κ1) is 18.3. The van der Waals surface area contributed by atoms with Crippen molar-refractivity contribution in [2.45, 2.75) is 44.8 Å². The SMILES string of the molecule is CC(=O)NC[C@H]1CC[C@@H](CC(=O)NCc2cnc3ccccc3c2)N1C. The predicted molar refractivity (Wildman–Crippen MR) is 101 cm³/mol. The molecule has 0 saturated carbocycles. The zero-order valence-corrected chi connectivity index (χ0v) is 15.4. The average molecular weight is 354 g/mol. The first-order chi connectivity index (χ1) is 12.5. The Kier molecular flexibility index (Phi) is 5.83. The van der Waals surface area contributed by atoms with E-state index in [2.05, 4.69) is 26.6 Å². The van der Waals surface area contributed by atoms with Gasteiger partial charge in [0.05, 0.1) is 5.52 Å². The normalized spacial score (nSPS) is 20.2. The number of carbonyl (C=O) groups excluding carboxylic acids is 2. The van der Waals surface area contributed by atoms with Gasteiger partial charge in [0.25, 0.3) is 0 Å². The van der Waals surface area contributed by atoms with Crippen molar-refractivity contribution >= 4 is 22.7 Å². The van der Waals surface area contributed by atoms with Crippen LogP contribution in [0.1, 0.15) is 31.7 Å². The lowest BCUT2D eigenvalue weighted by Crippen LogP contribution is -2.41. The molecular weight excluding hydrogens is 328 g/mol. The average Bonchev–Trinajstić information content (AvgIpc) is 2.98. The Balaban J connectivity index is 1.48. The molecule has 2 N–H and O–H groups in total. The van der Waals surface area contributed by atoms with Gasteiger partial charge in [-0.25, -0.2) is 0 Å². The van der Waals surface area contributed by atoms with Gasteiger partial charge in [-0.2, -0.15) is 0 Å². The Labute approximate surface area is 154 Å². The number of carbonyl (C=O) groups is 2. The molecule has 6 heteroatoms. The van der Waals surface area contributed by atoms with E-state index in [1.165, 1.54) is 6.92 Å². The second-order valence-electron chi connectivity index (χ2n) is 7.00. The van der Waals surface area contributed by atoms with Crippen LogP contribution in [0.3, 0.4) is 0 Å². The summed E-state index contributed by atoms with van der Waals surface area (Å²) >= 11 is 0. The van der Waals surface area contributed by atoms with E-state index in [1.54, 1.807) is 0 Å². The van der Waals surface area contributed by atoms with Gasteiger partial charge in [-0.05, 0) is 37.6 Å². The topological polar surface area (TPSA) is 74.3 Å². The minimum absolute atomic E-state index is 0.0106. The summed E-state index contributed by atoms with van der Waals surface area (Å²) < 4.78 is 0. The maximum Gasteiger partial charge on any atom is 0.221 e. The maximum absolute atomic E-state index is 12.3. The summed E-state index contributed by atoms with van der Waals surface area (Å²) in [7, 11) is 2.03. The highest BCUT2D eigenvalue weighted by Crippen LogP contribution is 2.24. The Morgan fingerprint density at radius 2 is 1.96 bits per heavy atom. The van der Waals surface area contributed by atoms with E-state index < -0.39 is 0 Å². The molecule has 0 radical (unpaired) electrons. The van der Waals surface area contributed by atoms with Crippen LogP contribution in [-0.4, -0.2) is 47.4 Å². The zero-order valence-electron chi connectivity index (χ0n) is 15.4. The van der Waals surface area contributed by atoms with Crippen LogP contribution in [0.4, 0.5) is 0 Å². The molecule has 0 aliphatic carbocycles. The van der Waals surface area contributed by atoms with Crippen molar-refractivity contribution in [1.29, 1.82) is 0 Å². The number of nitrogens with one attached hydrogen (secondary N) is 2.